The largest absolute Gasteiger partial charge is 0.489 e. The number of carbonyl (C=O) groups excluding carboxylic acids is 1. The van der Waals surface area contributed by atoms with Gasteiger partial charge in [-0.15, -0.1) is 0 Å². The molecule has 0 saturated heterocycles. The zero-order valence-electron chi connectivity index (χ0n) is 11.4. The van der Waals surface area contributed by atoms with Gasteiger partial charge in [0.15, 0.2) is 0 Å². The van der Waals surface area contributed by atoms with Gasteiger partial charge in [-0.3, -0.25) is 4.79 Å². The van der Waals surface area contributed by atoms with Gasteiger partial charge >= 0.3 is 0 Å². The van der Waals surface area contributed by atoms with E-state index in [4.69, 9.17) is 4.74 Å². The topological polar surface area (TPSA) is 50.4 Å². The number of carbonyl (C=O) groups is 1. The minimum Gasteiger partial charge on any atom is -0.489 e. The third-order valence-corrected chi connectivity index (χ3v) is 3.87. The maximum absolute atomic E-state index is 11.9. The molecule has 104 valence electrons. The van der Waals surface area contributed by atoms with E-state index in [0.29, 0.717) is 0 Å². The summed E-state index contributed by atoms with van der Waals surface area (Å²) in [5.74, 6) is 0.759. The summed E-state index contributed by atoms with van der Waals surface area (Å²) < 4.78 is 6.71. The fourth-order valence-electron chi connectivity index (χ4n) is 2.06. The van der Waals surface area contributed by atoms with E-state index in [1.165, 1.54) is 0 Å². The maximum atomic E-state index is 11.9. The Hall–Kier alpha value is -1.07. The second-order valence-corrected chi connectivity index (χ2v) is 5.54. The molecule has 1 heterocycles. The standard InChI is InChI=1S/C14H19BrN2O2/c1-4-8(3)19-12-7-11-9(6-10(12)15)13(16-5-2)14(18)17-11/h6-8,13,16H,4-5H2,1-3H3,(H,17,18). The number of nitrogens with one attached hydrogen (secondary N) is 2. The van der Waals surface area contributed by atoms with Crippen LogP contribution in [0.15, 0.2) is 16.6 Å². The molecule has 2 rings (SSSR count). The Bertz CT molecular complexity index is 491. The van der Waals surface area contributed by atoms with Crippen LogP contribution in [0.4, 0.5) is 5.69 Å². The Morgan fingerprint density at radius 1 is 1.47 bits per heavy atom. The Morgan fingerprint density at radius 3 is 2.84 bits per heavy atom. The minimum absolute atomic E-state index is 0.00978. The SMILES string of the molecule is CCNC1C(=O)Nc2cc(OC(C)CC)c(Br)cc21. The second-order valence-electron chi connectivity index (χ2n) is 4.69. The van der Waals surface area contributed by atoms with Crippen LogP contribution < -0.4 is 15.4 Å². The highest BCUT2D eigenvalue weighted by molar-refractivity contribution is 9.10. The first-order chi connectivity index (χ1) is 9.06. The molecule has 0 radical (unpaired) electrons. The molecule has 5 heteroatoms. The molecule has 2 unspecified atom stereocenters. The fraction of sp³-hybridized carbons (Fsp3) is 0.500. The summed E-state index contributed by atoms with van der Waals surface area (Å²) in [6.45, 7) is 6.84. The molecule has 0 saturated carbocycles. The van der Waals surface area contributed by atoms with E-state index >= 15 is 0 Å². The van der Waals surface area contributed by atoms with Crippen LogP contribution in [0.1, 0.15) is 38.8 Å². The molecule has 1 aliphatic heterocycles. The summed E-state index contributed by atoms with van der Waals surface area (Å²) in [5, 5.41) is 6.06. The van der Waals surface area contributed by atoms with E-state index in [0.717, 1.165) is 34.4 Å². The first kappa shape index (κ1) is 14.3. The molecule has 19 heavy (non-hydrogen) atoms. The summed E-state index contributed by atoms with van der Waals surface area (Å²) in [6, 6.07) is 3.58. The molecule has 4 nitrogen and oxygen atoms in total. The number of benzene rings is 1. The van der Waals surface area contributed by atoms with Crippen LogP contribution >= 0.6 is 15.9 Å². The zero-order valence-corrected chi connectivity index (χ0v) is 13.0. The van der Waals surface area contributed by atoms with E-state index in [1.807, 2.05) is 26.0 Å². The summed E-state index contributed by atoms with van der Waals surface area (Å²) in [6.07, 6.45) is 1.09. The molecule has 1 aliphatic rings. The monoisotopic (exact) mass is 326 g/mol. The lowest BCUT2D eigenvalue weighted by Crippen LogP contribution is -2.27. The Kier molecular flexibility index (Phi) is 4.47. The molecule has 1 amide bonds. The minimum atomic E-state index is -0.269. The van der Waals surface area contributed by atoms with Crippen LogP contribution in [0.5, 0.6) is 5.75 Å². The van der Waals surface area contributed by atoms with Gasteiger partial charge in [0.25, 0.3) is 0 Å². The van der Waals surface area contributed by atoms with Crippen molar-refractivity contribution in [2.24, 2.45) is 0 Å². The first-order valence-electron chi connectivity index (χ1n) is 6.61. The van der Waals surface area contributed by atoms with Crippen molar-refractivity contribution in [3.05, 3.63) is 22.2 Å². The lowest BCUT2D eigenvalue weighted by atomic mass is 10.1. The van der Waals surface area contributed by atoms with Crippen molar-refractivity contribution >= 4 is 27.5 Å². The van der Waals surface area contributed by atoms with Crippen LogP contribution in [-0.2, 0) is 4.79 Å². The van der Waals surface area contributed by atoms with Gasteiger partial charge in [-0.1, -0.05) is 13.8 Å². The van der Waals surface area contributed by atoms with Crippen LogP contribution in [0.3, 0.4) is 0 Å². The van der Waals surface area contributed by atoms with Crippen LogP contribution in [0, 0.1) is 0 Å². The van der Waals surface area contributed by atoms with Gasteiger partial charge in [-0.2, -0.15) is 0 Å². The highest BCUT2D eigenvalue weighted by Gasteiger charge is 2.31. The van der Waals surface area contributed by atoms with Gasteiger partial charge in [-0.25, -0.2) is 0 Å². The summed E-state index contributed by atoms with van der Waals surface area (Å²) in [7, 11) is 0. The normalized spacial score (nSPS) is 18.9. The number of halogens is 1. The molecule has 1 aromatic carbocycles. The van der Waals surface area contributed by atoms with E-state index in [-0.39, 0.29) is 18.1 Å². The predicted octanol–water partition coefficient (Wildman–Crippen LogP) is 3.23. The molecular formula is C14H19BrN2O2. The number of hydrogen-bond acceptors (Lipinski definition) is 3. The van der Waals surface area contributed by atoms with Crippen molar-refractivity contribution in [2.75, 3.05) is 11.9 Å². The molecule has 2 N–H and O–H groups in total. The summed E-state index contributed by atoms with van der Waals surface area (Å²) >= 11 is 3.51. The Morgan fingerprint density at radius 2 is 2.21 bits per heavy atom. The third kappa shape index (κ3) is 2.92. The van der Waals surface area contributed by atoms with E-state index < -0.39 is 0 Å². The van der Waals surface area contributed by atoms with Crippen molar-refractivity contribution in [1.29, 1.82) is 0 Å². The second kappa shape index (κ2) is 5.92. The number of anilines is 1. The first-order valence-corrected chi connectivity index (χ1v) is 7.40. The fourth-order valence-corrected chi connectivity index (χ4v) is 2.51. The molecule has 0 aromatic heterocycles. The van der Waals surface area contributed by atoms with Gasteiger partial charge in [0.1, 0.15) is 11.8 Å². The van der Waals surface area contributed by atoms with Gasteiger partial charge < -0.3 is 15.4 Å². The van der Waals surface area contributed by atoms with Crippen molar-refractivity contribution in [3.63, 3.8) is 0 Å². The molecule has 0 bridgehead atoms. The number of rotatable bonds is 5. The molecule has 0 spiro atoms. The average molecular weight is 327 g/mol. The number of likely N-dealkylation sites (N-methyl/N-ethyl adjacent to an activating group) is 1. The van der Waals surface area contributed by atoms with Crippen molar-refractivity contribution < 1.29 is 9.53 Å². The number of fused-ring (bicyclic) bond motifs is 1. The van der Waals surface area contributed by atoms with E-state index in [2.05, 4.69) is 33.5 Å². The highest BCUT2D eigenvalue weighted by atomic mass is 79.9. The highest BCUT2D eigenvalue weighted by Crippen LogP contribution is 2.39. The lowest BCUT2D eigenvalue weighted by molar-refractivity contribution is -0.117. The smallest absolute Gasteiger partial charge is 0.246 e. The lowest BCUT2D eigenvalue weighted by Gasteiger charge is -2.16. The molecular weight excluding hydrogens is 308 g/mol. The van der Waals surface area contributed by atoms with Crippen molar-refractivity contribution in [2.45, 2.75) is 39.3 Å². The number of amides is 1. The Balaban J connectivity index is 2.30. The van der Waals surface area contributed by atoms with E-state index in [1.54, 1.807) is 0 Å². The van der Waals surface area contributed by atoms with Gasteiger partial charge in [0.05, 0.1) is 10.6 Å². The molecule has 0 fully saturated rings. The molecule has 2 atom stereocenters. The number of hydrogen-bond donors (Lipinski definition) is 2. The predicted molar refractivity (Wildman–Crippen MR) is 79.6 cm³/mol. The van der Waals surface area contributed by atoms with Crippen LogP contribution in [-0.4, -0.2) is 18.6 Å². The van der Waals surface area contributed by atoms with Gasteiger partial charge in [0, 0.05) is 17.3 Å². The summed E-state index contributed by atoms with van der Waals surface area (Å²) in [5.41, 5.74) is 1.80. The summed E-state index contributed by atoms with van der Waals surface area (Å²) in [4.78, 5) is 11.9. The van der Waals surface area contributed by atoms with Crippen LogP contribution in [0.2, 0.25) is 0 Å². The zero-order chi connectivity index (χ0) is 14.0. The quantitative estimate of drug-likeness (QED) is 0.873. The maximum Gasteiger partial charge on any atom is 0.246 e. The molecule has 0 aliphatic carbocycles. The number of ether oxygens (including phenoxy) is 1. The Labute approximate surface area is 122 Å². The molecule has 1 aromatic rings. The van der Waals surface area contributed by atoms with Crippen molar-refractivity contribution in [3.8, 4) is 5.75 Å². The van der Waals surface area contributed by atoms with Gasteiger partial charge in [-0.05, 0) is 41.9 Å². The third-order valence-electron chi connectivity index (χ3n) is 3.25. The van der Waals surface area contributed by atoms with Crippen molar-refractivity contribution in [1.82, 2.24) is 5.32 Å². The van der Waals surface area contributed by atoms with Gasteiger partial charge in [0.2, 0.25) is 5.91 Å². The van der Waals surface area contributed by atoms with Crippen LogP contribution in [0.25, 0.3) is 0 Å². The van der Waals surface area contributed by atoms with E-state index in [9.17, 15) is 4.79 Å². The average Bonchev–Trinajstić information content (AvgIpc) is 2.67.